The van der Waals surface area contributed by atoms with Crippen LogP contribution in [0.25, 0.3) is 10.8 Å². The van der Waals surface area contributed by atoms with E-state index in [0.29, 0.717) is 0 Å². The van der Waals surface area contributed by atoms with Crippen molar-refractivity contribution in [3.63, 3.8) is 0 Å². The van der Waals surface area contributed by atoms with Crippen molar-refractivity contribution in [2.45, 2.75) is 84.1 Å². The fourth-order valence-electron chi connectivity index (χ4n) is 4.66. The Morgan fingerprint density at radius 2 is 1.34 bits per heavy atom. The van der Waals surface area contributed by atoms with E-state index in [4.69, 9.17) is 0 Å². The molecule has 0 aliphatic heterocycles. The molecule has 3 nitrogen and oxygen atoms in total. The summed E-state index contributed by atoms with van der Waals surface area (Å²) >= 11 is 0. The van der Waals surface area contributed by atoms with Gasteiger partial charge in [0.15, 0.2) is 0 Å². The zero-order valence-electron chi connectivity index (χ0n) is 21.7. The van der Waals surface area contributed by atoms with Crippen molar-refractivity contribution in [1.82, 2.24) is 10.6 Å². The highest BCUT2D eigenvalue weighted by molar-refractivity contribution is 5.94. The monoisotopic (exact) mass is 472 g/mol. The predicted molar refractivity (Wildman–Crippen MR) is 150 cm³/mol. The molecule has 0 fully saturated rings. The molecular formula is C32H44N2O. The van der Waals surface area contributed by atoms with E-state index in [1.807, 2.05) is 12.1 Å². The molecule has 0 aromatic heterocycles. The van der Waals surface area contributed by atoms with Crippen LogP contribution in [0.2, 0.25) is 0 Å². The van der Waals surface area contributed by atoms with Gasteiger partial charge in [-0.25, -0.2) is 0 Å². The van der Waals surface area contributed by atoms with E-state index in [1.165, 1.54) is 79.7 Å². The number of carbonyl (C=O) groups is 1. The normalized spacial score (nSPS) is 11.1. The summed E-state index contributed by atoms with van der Waals surface area (Å²) in [4.78, 5) is 12.4. The van der Waals surface area contributed by atoms with Crippen LogP contribution in [0.5, 0.6) is 0 Å². The number of amides is 1. The number of rotatable bonds is 17. The number of nitrogens with one attached hydrogen (secondary N) is 2. The van der Waals surface area contributed by atoms with Gasteiger partial charge >= 0.3 is 0 Å². The van der Waals surface area contributed by atoms with Crippen LogP contribution >= 0.6 is 0 Å². The molecular weight excluding hydrogens is 428 g/mol. The quantitative estimate of drug-likeness (QED) is 0.197. The van der Waals surface area contributed by atoms with E-state index in [9.17, 15) is 4.79 Å². The van der Waals surface area contributed by atoms with Crippen molar-refractivity contribution in [3.8, 4) is 0 Å². The lowest BCUT2D eigenvalue weighted by molar-refractivity contribution is 0.0953. The van der Waals surface area contributed by atoms with Gasteiger partial charge in [0.1, 0.15) is 0 Å². The highest BCUT2D eigenvalue weighted by atomic mass is 16.1. The Labute approximate surface area is 212 Å². The van der Waals surface area contributed by atoms with Crippen LogP contribution in [-0.4, -0.2) is 19.0 Å². The van der Waals surface area contributed by atoms with E-state index < -0.39 is 0 Å². The first-order valence-corrected chi connectivity index (χ1v) is 13.8. The van der Waals surface area contributed by atoms with E-state index in [0.717, 1.165) is 38.0 Å². The van der Waals surface area contributed by atoms with Crippen molar-refractivity contribution >= 4 is 16.7 Å². The molecule has 0 saturated carbocycles. The van der Waals surface area contributed by atoms with Gasteiger partial charge in [0.25, 0.3) is 5.91 Å². The second-order valence-electron chi connectivity index (χ2n) is 9.70. The van der Waals surface area contributed by atoms with Crippen LogP contribution in [0.15, 0.2) is 66.7 Å². The largest absolute Gasteiger partial charge is 0.352 e. The molecule has 0 saturated heterocycles. The van der Waals surface area contributed by atoms with Gasteiger partial charge in [-0.05, 0) is 53.4 Å². The Morgan fingerprint density at radius 1 is 0.686 bits per heavy atom. The Morgan fingerprint density at radius 3 is 2.09 bits per heavy atom. The summed E-state index contributed by atoms with van der Waals surface area (Å²) in [5.41, 5.74) is 3.33. The summed E-state index contributed by atoms with van der Waals surface area (Å²) in [7, 11) is 0. The summed E-state index contributed by atoms with van der Waals surface area (Å²) in [6.45, 7) is 4.77. The van der Waals surface area contributed by atoms with Crippen molar-refractivity contribution in [2.24, 2.45) is 0 Å². The minimum Gasteiger partial charge on any atom is -0.352 e. The standard InChI is InChI=1S/C32H44N2O/c1-2-3-4-5-6-7-8-9-10-13-24-34-32(35)30-21-19-27(20-22-30)26-33-25-23-29-17-14-16-28-15-11-12-18-31(28)29/h11-12,14-22,33H,2-10,13,23-26H2,1H3,(H,34,35). The minimum atomic E-state index is 0.0383. The van der Waals surface area contributed by atoms with Crippen LogP contribution in [-0.2, 0) is 13.0 Å². The van der Waals surface area contributed by atoms with Crippen LogP contribution in [0.1, 0.15) is 92.6 Å². The van der Waals surface area contributed by atoms with Gasteiger partial charge in [-0.2, -0.15) is 0 Å². The topological polar surface area (TPSA) is 41.1 Å². The molecule has 188 valence electrons. The van der Waals surface area contributed by atoms with Crippen LogP contribution < -0.4 is 10.6 Å². The van der Waals surface area contributed by atoms with Gasteiger partial charge in [-0.3, -0.25) is 4.79 Å². The number of fused-ring (bicyclic) bond motifs is 1. The second kappa shape index (κ2) is 16.1. The van der Waals surface area contributed by atoms with Crippen molar-refractivity contribution in [2.75, 3.05) is 13.1 Å². The number of unbranched alkanes of at least 4 members (excludes halogenated alkanes) is 9. The zero-order chi connectivity index (χ0) is 24.6. The zero-order valence-corrected chi connectivity index (χ0v) is 21.7. The second-order valence-corrected chi connectivity index (χ2v) is 9.70. The maximum atomic E-state index is 12.4. The number of hydrogen-bond donors (Lipinski definition) is 2. The van der Waals surface area contributed by atoms with E-state index in [-0.39, 0.29) is 5.91 Å². The molecule has 0 radical (unpaired) electrons. The molecule has 3 heteroatoms. The molecule has 0 aliphatic rings. The van der Waals surface area contributed by atoms with Gasteiger partial charge in [0.2, 0.25) is 0 Å². The SMILES string of the molecule is CCCCCCCCCCCCNC(=O)c1ccc(CNCCc2cccc3ccccc23)cc1. The molecule has 0 bridgehead atoms. The van der Waals surface area contributed by atoms with E-state index in [1.54, 1.807) is 0 Å². The lowest BCUT2D eigenvalue weighted by atomic mass is 10.0. The third-order valence-corrected chi connectivity index (χ3v) is 6.81. The van der Waals surface area contributed by atoms with Crippen molar-refractivity contribution < 1.29 is 4.79 Å². The molecule has 3 aromatic rings. The number of carbonyl (C=O) groups excluding carboxylic acids is 1. The maximum absolute atomic E-state index is 12.4. The molecule has 1 amide bonds. The summed E-state index contributed by atoms with van der Waals surface area (Å²) < 4.78 is 0. The van der Waals surface area contributed by atoms with E-state index in [2.05, 4.69) is 72.2 Å². The van der Waals surface area contributed by atoms with Gasteiger partial charge < -0.3 is 10.6 Å². The fourth-order valence-corrected chi connectivity index (χ4v) is 4.66. The first-order valence-electron chi connectivity index (χ1n) is 13.8. The van der Waals surface area contributed by atoms with Crippen molar-refractivity contribution in [1.29, 1.82) is 0 Å². The lowest BCUT2D eigenvalue weighted by Gasteiger charge is -2.09. The Bertz CT molecular complexity index is 991. The predicted octanol–water partition coefficient (Wildman–Crippen LogP) is 7.82. The summed E-state index contributed by atoms with van der Waals surface area (Å²) in [6.07, 6.45) is 14.1. The van der Waals surface area contributed by atoms with Gasteiger partial charge in [0, 0.05) is 18.7 Å². The molecule has 3 aromatic carbocycles. The lowest BCUT2D eigenvalue weighted by Crippen LogP contribution is -2.24. The van der Waals surface area contributed by atoms with Crippen LogP contribution in [0, 0.1) is 0 Å². The summed E-state index contributed by atoms with van der Waals surface area (Å²) in [6, 6.07) is 23.1. The fraction of sp³-hybridized carbons (Fsp3) is 0.469. The molecule has 0 unspecified atom stereocenters. The van der Waals surface area contributed by atoms with E-state index >= 15 is 0 Å². The molecule has 0 atom stereocenters. The Hall–Kier alpha value is -2.65. The smallest absolute Gasteiger partial charge is 0.251 e. The molecule has 0 spiro atoms. The van der Waals surface area contributed by atoms with Crippen molar-refractivity contribution in [3.05, 3.63) is 83.4 Å². The van der Waals surface area contributed by atoms with Gasteiger partial charge in [-0.1, -0.05) is 119 Å². The maximum Gasteiger partial charge on any atom is 0.251 e. The molecule has 0 aliphatic carbocycles. The molecule has 0 heterocycles. The molecule has 3 rings (SSSR count). The first kappa shape index (κ1) is 26.9. The highest BCUT2D eigenvalue weighted by Gasteiger charge is 2.05. The summed E-state index contributed by atoms with van der Waals surface area (Å²) in [5.74, 6) is 0.0383. The Kier molecular flexibility index (Phi) is 12.4. The average Bonchev–Trinajstić information content (AvgIpc) is 2.90. The third kappa shape index (κ3) is 9.85. The first-order chi connectivity index (χ1) is 17.3. The third-order valence-electron chi connectivity index (χ3n) is 6.81. The van der Waals surface area contributed by atoms with Crippen LogP contribution in [0.4, 0.5) is 0 Å². The minimum absolute atomic E-state index is 0.0383. The highest BCUT2D eigenvalue weighted by Crippen LogP contribution is 2.18. The average molecular weight is 473 g/mol. The van der Waals surface area contributed by atoms with Gasteiger partial charge in [-0.15, -0.1) is 0 Å². The van der Waals surface area contributed by atoms with Crippen LogP contribution in [0.3, 0.4) is 0 Å². The number of benzene rings is 3. The number of hydrogen-bond acceptors (Lipinski definition) is 2. The Balaban J connectivity index is 1.26. The van der Waals surface area contributed by atoms with Gasteiger partial charge in [0.05, 0.1) is 0 Å². The summed E-state index contributed by atoms with van der Waals surface area (Å²) in [5, 5.41) is 9.25. The molecule has 35 heavy (non-hydrogen) atoms. The molecule has 2 N–H and O–H groups in total.